The fourth-order valence-corrected chi connectivity index (χ4v) is 1.99. The third-order valence-corrected chi connectivity index (χ3v) is 2.74. The van der Waals surface area contributed by atoms with Crippen LogP contribution in [0.1, 0.15) is 5.56 Å². The summed E-state index contributed by atoms with van der Waals surface area (Å²) < 4.78 is 1.27. The number of hydrogen-bond acceptors (Lipinski definition) is 2. The molecule has 1 aromatic carbocycles. The van der Waals surface area contributed by atoms with Crippen LogP contribution in [0.5, 0.6) is 0 Å². The Kier molecular flexibility index (Phi) is 1.36. The molecule has 2 rings (SSSR count). The lowest BCUT2D eigenvalue weighted by Crippen LogP contribution is -1.80. The van der Waals surface area contributed by atoms with Gasteiger partial charge in [-0.15, -0.1) is 11.3 Å². The quantitative estimate of drug-likeness (QED) is 0.635. The van der Waals surface area contributed by atoms with Crippen molar-refractivity contribution in [1.29, 1.82) is 0 Å². The van der Waals surface area contributed by atoms with E-state index < -0.39 is 0 Å². The van der Waals surface area contributed by atoms with E-state index in [0.717, 1.165) is 5.69 Å². The number of fused-ring (bicyclic) bond motifs is 1. The van der Waals surface area contributed by atoms with E-state index in [0.29, 0.717) is 0 Å². The van der Waals surface area contributed by atoms with E-state index in [1.165, 1.54) is 15.6 Å². The first kappa shape index (κ1) is 6.68. The van der Waals surface area contributed by atoms with Gasteiger partial charge in [-0.3, -0.25) is 0 Å². The van der Waals surface area contributed by atoms with Crippen LogP contribution in [0.4, 0.5) is 5.69 Å². The molecule has 0 bridgehead atoms. The standard InChI is InChI=1S/C9H9NS/c1-6-2-3-9-7(4-6)8(10)5-11-9/h2-5H,10H2,1H3. The van der Waals surface area contributed by atoms with Gasteiger partial charge in [0.1, 0.15) is 0 Å². The maximum absolute atomic E-state index is 5.76. The molecule has 1 nitrogen and oxygen atoms in total. The fourth-order valence-electron chi connectivity index (χ4n) is 1.16. The second kappa shape index (κ2) is 2.24. The number of thiophene rings is 1. The van der Waals surface area contributed by atoms with Crippen molar-refractivity contribution < 1.29 is 0 Å². The Hall–Kier alpha value is -1.02. The van der Waals surface area contributed by atoms with Crippen LogP contribution in [0.3, 0.4) is 0 Å². The van der Waals surface area contributed by atoms with Crippen molar-refractivity contribution >= 4 is 27.1 Å². The maximum atomic E-state index is 5.76. The van der Waals surface area contributed by atoms with E-state index in [2.05, 4.69) is 25.1 Å². The Labute approximate surface area is 69.5 Å². The lowest BCUT2D eigenvalue weighted by atomic mass is 10.2. The van der Waals surface area contributed by atoms with Gasteiger partial charge in [0.05, 0.1) is 5.69 Å². The lowest BCUT2D eigenvalue weighted by Gasteiger charge is -1.92. The molecular formula is C9H9NS. The molecular weight excluding hydrogens is 154 g/mol. The normalized spacial score (nSPS) is 10.6. The molecule has 56 valence electrons. The van der Waals surface area contributed by atoms with Gasteiger partial charge in [0.15, 0.2) is 0 Å². The first-order valence-corrected chi connectivity index (χ1v) is 4.38. The number of nitrogen functional groups attached to an aromatic ring is 1. The molecule has 2 heteroatoms. The third kappa shape index (κ3) is 0.994. The monoisotopic (exact) mass is 163 g/mol. The summed E-state index contributed by atoms with van der Waals surface area (Å²) in [5.74, 6) is 0. The smallest absolute Gasteiger partial charge is 0.0502 e. The molecule has 0 saturated heterocycles. The molecule has 0 spiro atoms. The molecule has 0 radical (unpaired) electrons. The van der Waals surface area contributed by atoms with Gasteiger partial charge in [0.25, 0.3) is 0 Å². The third-order valence-electron chi connectivity index (χ3n) is 1.76. The molecule has 0 atom stereocenters. The minimum Gasteiger partial charge on any atom is -0.398 e. The van der Waals surface area contributed by atoms with Gasteiger partial charge in [-0.25, -0.2) is 0 Å². The Morgan fingerprint density at radius 2 is 2.18 bits per heavy atom. The van der Waals surface area contributed by atoms with Crippen LogP contribution in [-0.2, 0) is 0 Å². The van der Waals surface area contributed by atoms with Gasteiger partial charge < -0.3 is 5.73 Å². The number of rotatable bonds is 0. The van der Waals surface area contributed by atoms with Crippen LogP contribution >= 0.6 is 11.3 Å². The molecule has 11 heavy (non-hydrogen) atoms. The summed E-state index contributed by atoms with van der Waals surface area (Å²) >= 11 is 1.70. The van der Waals surface area contributed by atoms with Crippen LogP contribution < -0.4 is 5.73 Å². The van der Waals surface area contributed by atoms with E-state index in [9.17, 15) is 0 Å². The summed E-state index contributed by atoms with van der Waals surface area (Å²) in [4.78, 5) is 0. The predicted octanol–water partition coefficient (Wildman–Crippen LogP) is 2.79. The predicted molar refractivity (Wildman–Crippen MR) is 51.0 cm³/mol. The zero-order chi connectivity index (χ0) is 7.84. The molecule has 2 N–H and O–H groups in total. The highest BCUT2D eigenvalue weighted by atomic mass is 32.1. The van der Waals surface area contributed by atoms with Crippen molar-refractivity contribution in [3.8, 4) is 0 Å². The van der Waals surface area contributed by atoms with Crippen molar-refractivity contribution in [3.63, 3.8) is 0 Å². The second-order valence-electron chi connectivity index (χ2n) is 2.69. The Balaban J connectivity index is 2.87. The number of aryl methyl sites for hydroxylation is 1. The highest BCUT2D eigenvalue weighted by Gasteiger charge is 1.98. The van der Waals surface area contributed by atoms with Crippen LogP contribution in [0, 0.1) is 6.92 Å². The highest BCUT2D eigenvalue weighted by molar-refractivity contribution is 7.17. The summed E-state index contributed by atoms with van der Waals surface area (Å²) in [7, 11) is 0. The summed E-state index contributed by atoms with van der Waals surface area (Å²) in [5, 5.41) is 3.18. The lowest BCUT2D eigenvalue weighted by molar-refractivity contribution is 1.51. The number of benzene rings is 1. The van der Waals surface area contributed by atoms with E-state index >= 15 is 0 Å². The Morgan fingerprint density at radius 3 is 3.00 bits per heavy atom. The molecule has 0 aliphatic rings. The van der Waals surface area contributed by atoms with Gasteiger partial charge >= 0.3 is 0 Å². The van der Waals surface area contributed by atoms with Crippen LogP contribution in [0.2, 0.25) is 0 Å². The first-order chi connectivity index (χ1) is 5.27. The summed E-state index contributed by atoms with van der Waals surface area (Å²) in [6, 6.07) is 6.35. The van der Waals surface area contributed by atoms with E-state index in [-0.39, 0.29) is 0 Å². The molecule has 0 saturated carbocycles. The molecule has 0 fully saturated rings. The average Bonchev–Trinajstić information content (AvgIpc) is 2.33. The van der Waals surface area contributed by atoms with Crippen LogP contribution in [-0.4, -0.2) is 0 Å². The van der Waals surface area contributed by atoms with Crippen LogP contribution in [0.15, 0.2) is 23.6 Å². The number of hydrogen-bond donors (Lipinski definition) is 1. The number of nitrogens with two attached hydrogens (primary N) is 1. The molecule has 0 aliphatic carbocycles. The van der Waals surface area contributed by atoms with E-state index in [4.69, 9.17) is 5.73 Å². The van der Waals surface area contributed by atoms with Crippen molar-refractivity contribution in [2.45, 2.75) is 6.92 Å². The molecule has 0 amide bonds. The summed E-state index contributed by atoms with van der Waals surface area (Å²) in [6.07, 6.45) is 0. The zero-order valence-electron chi connectivity index (χ0n) is 6.29. The zero-order valence-corrected chi connectivity index (χ0v) is 7.11. The largest absolute Gasteiger partial charge is 0.398 e. The molecule has 1 aromatic heterocycles. The van der Waals surface area contributed by atoms with Gasteiger partial charge in [0.2, 0.25) is 0 Å². The molecule has 1 heterocycles. The van der Waals surface area contributed by atoms with Crippen molar-refractivity contribution in [1.82, 2.24) is 0 Å². The van der Waals surface area contributed by atoms with Crippen molar-refractivity contribution in [2.75, 3.05) is 5.73 Å². The molecule has 0 aliphatic heterocycles. The SMILES string of the molecule is Cc1ccc2scc(N)c2c1. The van der Waals surface area contributed by atoms with Crippen molar-refractivity contribution in [2.24, 2.45) is 0 Å². The molecule has 0 unspecified atom stereocenters. The van der Waals surface area contributed by atoms with E-state index in [1.807, 2.05) is 5.38 Å². The summed E-state index contributed by atoms with van der Waals surface area (Å²) in [6.45, 7) is 2.08. The van der Waals surface area contributed by atoms with Gasteiger partial charge in [-0.1, -0.05) is 11.6 Å². The van der Waals surface area contributed by atoms with Gasteiger partial charge in [-0.2, -0.15) is 0 Å². The summed E-state index contributed by atoms with van der Waals surface area (Å²) in [5.41, 5.74) is 7.92. The van der Waals surface area contributed by atoms with Gasteiger partial charge in [0, 0.05) is 15.5 Å². The average molecular weight is 163 g/mol. The maximum Gasteiger partial charge on any atom is 0.0502 e. The van der Waals surface area contributed by atoms with Crippen molar-refractivity contribution in [3.05, 3.63) is 29.1 Å². The fraction of sp³-hybridized carbons (Fsp3) is 0.111. The van der Waals surface area contributed by atoms with Gasteiger partial charge in [-0.05, 0) is 19.1 Å². The van der Waals surface area contributed by atoms with E-state index in [1.54, 1.807) is 11.3 Å². The number of anilines is 1. The second-order valence-corrected chi connectivity index (χ2v) is 3.60. The van der Waals surface area contributed by atoms with Crippen LogP contribution in [0.25, 0.3) is 10.1 Å². The topological polar surface area (TPSA) is 26.0 Å². The highest BCUT2D eigenvalue weighted by Crippen LogP contribution is 2.28. The molecule has 2 aromatic rings. The minimum atomic E-state index is 0.897. The first-order valence-electron chi connectivity index (χ1n) is 3.51. The minimum absolute atomic E-state index is 0.897. The Bertz CT molecular complexity index is 389. The Morgan fingerprint density at radius 1 is 1.36 bits per heavy atom.